The summed E-state index contributed by atoms with van der Waals surface area (Å²) < 4.78 is 6.98. The number of aromatic carboxylic acids is 1. The zero-order valence-electron chi connectivity index (χ0n) is 14.4. The third-order valence-electron chi connectivity index (χ3n) is 4.66. The fourth-order valence-electron chi connectivity index (χ4n) is 3.19. The summed E-state index contributed by atoms with van der Waals surface area (Å²) in [6.07, 6.45) is 4.54. The Bertz CT molecular complexity index is 813. The summed E-state index contributed by atoms with van der Waals surface area (Å²) in [5.41, 5.74) is 0.872. The van der Waals surface area contributed by atoms with Gasteiger partial charge in [0.15, 0.2) is 0 Å². The molecule has 1 N–H and O–H groups in total. The third-order valence-corrected chi connectivity index (χ3v) is 5.02. The number of aromatic nitrogens is 2. The lowest BCUT2D eigenvalue weighted by Gasteiger charge is -2.32. The molecule has 1 amide bonds. The smallest absolute Gasteiger partial charge is 0.338 e. The molecule has 0 bridgehead atoms. The maximum atomic E-state index is 12.6. The van der Waals surface area contributed by atoms with Crippen molar-refractivity contribution >= 4 is 23.5 Å². The molecule has 1 fully saturated rings. The van der Waals surface area contributed by atoms with E-state index in [1.165, 1.54) is 6.20 Å². The van der Waals surface area contributed by atoms with Crippen LogP contribution < -0.4 is 4.74 Å². The molecule has 1 saturated heterocycles. The van der Waals surface area contributed by atoms with Gasteiger partial charge in [-0.15, -0.1) is 0 Å². The van der Waals surface area contributed by atoms with Crippen LogP contribution in [-0.4, -0.2) is 51.9 Å². The van der Waals surface area contributed by atoms with Crippen molar-refractivity contribution in [1.29, 1.82) is 0 Å². The fourth-order valence-corrected chi connectivity index (χ4v) is 3.43. The van der Waals surface area contributed by atoms with Gasteiger partial charge in [0.25, 0.3) is 0 Å². The molecular formula is C18H20ClN3O4. The first kappa shape index (κ1) is 18.3. The predicted molar refractivity (Wildman–Crippen MR) is 95.7 cm³/mol. The first-order valence-electron chi connectivity index (χ1n) is 8.36. The molecule has 8 heteroatoms. The summed E-state index contributed by atoms with van der Waals surface area (Å²) in [5, 5.41) is 13.6. The number of methoxy groups -OCH3 is 1. The SMILES string of the molecule is COc1cccc(Cl)c1CC(=O)N1CCC(n2cc(C(=O)O)cn2)CC1. The molecule has 1 aliphatic heterocycles. The topological polar surface area (TPSA) is 84.7 Å². The van der Waals surface area contributed by atoms with E-state index in [4.69, 9.17) is 21.4 Å². The summed E-state index contributed by atoms with van der Waals surface area (Å²) in [7, 11) is 1.56. The average molecular weight is 378 g/mol. The number of halogens is 1. The van der Waals surface area contributed by atoms with Gasteiger partial charge < -0.3 is 14.7 Å². The zero-order valence-corrected chi connectivity index (χ0v) is 15.1. The molecule has 0 atom stereocenters. The second-order valence-corrected chi connectivity index (χ2v) is 6.63. The molecule has 0 saturated carbocycles. The Balaban J connectivity index is 1.61. The molecule has 1 aliphatic rings. The number of benzene rings is 1. The van der Waals surface area contributed by atoms with Crippen LogP contribution in [0.15, 0.2) is 30.6 Å². The number of likely N-dealkylation sites (tertiary alicyclic amines) is 1. The Hall–Kier alpha value is -2.54. The van der Waals surface area contributed by atoms with Gasteiger partial charge in [-0.2, -0.15) is 5.10 Å². The van der Waals surface area contributed by atoms with E-state index in [-0.39, 0.29) is 23.9 Å². The number of amides is 1. The lowest BCUT2D eigenvalue weighted by Crippen LogP contribution is -2.40. The van der Waals surface area contributed by atoms with Gasteiger partial charge in [-0.3, -0.25) is 9.48 Å². The fraction of sp³-hybridized carbons (Fsp3) is 0.389. The molecule has 7 nitrogen and oxygen atoms in total. The first-order chi connectivity index (χ1) is 12.5. The number of ether oxygens (including phenoxy) is 1. The third kappa shape index (κ3) is 3.83. The Kier molecular flexibility index (Phi) is 5.46. The molecule has 138 valence electrons. The van der Waals surface area contributed by atoms with E-state index in [0.717, 1.165) is 12.8 Å². The summed E-state index contributed by atoms with van der Waals surface area (Å²) in [6, 6.07) is 5.42. The van der Waals surface area contributed by atoms with Gasteiger partial charge in [0.1, 0.15) is 5.75 Å². The molecule has 1 aromatic heterocycles. The summed E-state index contributed by atoms with van der Waals surface area (Å²) >= 11 is 6.21. The second kappa shape index (κ2) is 7.78. The monoisotopic (exact) mass is 377 g/mol. The molecule has 0 aliphatic carbocycles. The molecule has 2 aromatic rings. The minimum absolute atomic E-state index is 0.00143. The van der Waals surface area contributed by atoms with Gasteiger partial charge in [0, 0.05) is 29.9 Å². The number of hydrogen-bond acceptors (Lipinski definition) is 4. The molecule has 0 radical (unpaired) electrons. The standard InChI is InChI=1S/C18H20ClN3O4/c1-26-16-4-2-3-15(19)14(16)9-17(23)21-7-5-13(6-8-21)22-11-12(10-20-22)18(24)25/h2-4,10-11,13H,5-9H2,1H3,(H,24,25). The Morgan fingerprint density at radius 2 is 2.08 bits per heavy atom. The van der Waals surface area contributed by atoms with Crippen LogP contribution in [0.25, 0.3) is 0 Å². The normalized spacial score (nSPS) is 15.1. The van der Waals surface area contributed by atoms with Gasteiger partial charge in [-0.1, -0.05) is 17.7 Å². The van der Waals surface area contributed by atoms with E-state index >= 15 is 0 Å². The number of carbonyl (C=O) groups excluding carboxylic acids is 1. The van der Waals surface area contributed by atoms with E-state index in [1.807, 2.05) is 0 Å². The highest BCUT2D eigenvalue weighted by Gasteiger charge is 2.26. The Morgan fingerprint density at radius 3 is 2.69 bits per heavy atom. The van der Waals surface area contributed by atoms with Crippen molar-refractivity contribution in [3.05, 3.63) is 46.7 Å². The van der Waals surface area contributed by atoms with Crippen molar-refractivity contribution in [2.24, 2.45) is 0 Å². The van der Waals surface area contributed by atoms with Crippen LogP contribution >= 0.6 is 11.6 Å². The maximum Gasteiger partial charge on any atom is 0.338 e. The molecular weight excluding hydrogens is 358 g/mol. The zero-order chi connectivity index (χ0) is 18.7. The van der Waals surface area contributed by atoms with Crippen molar-refractivity contribution in [3.8, 4) is 5.75 Å². The predicted octanol–water partition coefficient (Wildman–Crippen LogP) is 2.65. The van der Waals surface area contributed by atoms with Crippen LogP contribution in [0.2, 0.25) is 5.02 Å². The van der Waals surface area contributed by atoms with Crippen LogP contribution in [0.4, 0.5) is 0 Å². The van der Waals surface area contributed by atoms with Gasteiger partial charge in [0.2, 0.25) is 5.91 Å². The largest absolute Gasteiger partial charge is 0.496 e. The van der Waals surface area contributed by atoms with Crippen LogP contribution in [0.5, 0.6) is 5.75 Å². The van der Waals surface area contributed by atoms with Gasteiger partial charge >= 0.3 is 5.97 Å². The number of piperidine rings is 1. The van der Waals surface area contributed by atoms with Crippen molar-refractivity contribution in [3.63, 3.8) is 0 Å². The van der Waals surface area contributed by atoms with Crippen molar-refractivity contribution in [1.82, 2.24) is 14.7 Å². The number of carboxylic acid groups (broad SMARTS) is 1. The van der Waals surface area contributed by atoms with Crippen molar-refractivity contribution in [2.45, 2.75) is 25.3 Å². The molecule has 0 spiro atoms. The number of carbonyl (C=O) groups is 2. The average Bonchev–Trinajstić information content (AvgIpc) is 3.14. The van der Waals surface area contributed by atoms with E-state index in [0.29, 0.717) is 29.4 Å². The van der Waals surface area contributed by atoms with Crippen LogP contribution in [0.1, 0.15) is 34.8 Å². The van der Waals surface area contributed by atoms with Crippen molar-refractivity contribution in [2.75, 3.05) is 20.2 Å². The number of nitrogens with zero attached hydrogens (tertiary/aromatic N) is 3. The number of carboxylic acids is 1. The lowest BCUT2D eigenvalue weighted by molar-refractivity contribution is -0.131. The van der Waals surface area contributed by atoms with Crippen molar-refractivity contribution < 1.29 is 19.4 Å². The minimum Gasteiger partial charge on any atom is -0.496 e. The van der Waals surface area contributed by atoms with Gasteiger partial charge in [-0.25, -0.2) is 4.79 Å². The molecule has 1 aromatic carbocycles. The summed E-state index contributed by atoms with van der Waals surface area (Å²) in [6.45, 7) is 1.19. The highest BCUT2D eigenvalue weighted by Crippen LogP contribution is 2.28. The second-order valence-electron chi connectivity index (χ2n) is 6.22. The maximum absolute atomic E-state index is 12.6. The highest BCUT2D eigenvalue weighted by atomic mass is 35.5. The summed E-state index contributed by atoms with van der Waals surface area (Å²) in [5.74, 6) is -0.377. The van der Waals surface area contributed by atoms with Crippen LogP contribution in [0, 0.1) is 0 Å². The van der Waals surface area contributed by atoms with E-state index in [9.17, 15) is 9.59 Å². The number of hydrogen-bond donors (Lipinski definition) is 1. The van der Waals surface area contributed by atoms with Gasteiger partial charge in [0.05, 0.1) is 31.3 Å². The number of rotatable bonds is 5. The van der Waals surface area contributed by atoms with E-state index < -0.39 is 5.97 Å². The molecule has 2 heterocycles. The minimum atomic E-state index is -0.988. The Labute approximate surface area is 156 Å². The van der Waals surface area contributed by atoms with E-state index in [1.54, 1.807) is 41.1 Å². The molecule has 26 heavy (non-hydrogen) atoms. The van der Waals surface area contributed by atoms with Gasteiger partial charge in [-0.05, 0) is 25.0 Å². The molecule has 3 rings (SSSR count). The van der Waals surface area contributed by atoms with Crippen LogP contribution in [-0.2, 0) is 11.2 Å². The van der Waals surface area contributed by atoms with Crippen LogP contribution in [0.3, 0.4) is 0 Å². The lowest BCUT2D eigenvalue weighted by atomic mass is 10.0. The Morgan fingerprint density at radius 1 is 1.35 bits per heavy atom. The quantitative estimate of drug-likeness (QED) is 0.865. The highest BCUT2D eigenvalue weighted by molar-refractivity contribution is 6.31. The molecule has 0 unspecified atom stereocenters. The first-order valence-corrected chi connectivity index (χ1v) is 8.74. The van der Waals surface area contributed by atoms with E-state index in [2.05, 4.69) is 5.10 Å². The summed E-state index contributed by atoms with van der Waals surface area (Å²) in [4.78, 5) is 25.4.